The Hall–Kier alpha value is -2.74. The van der Waals surface area contributed by atoms with Crippen molar-refractivity contribution in [2.45, 2.75) is 27.7 Å². The van der Waals surface area contributed by atoms with Crippen molar-refractivity contribution >= 4 is 40.1 Å². The number of hydrogen-bond acceptors (Lipinski definition) is 6. The number of rotatable bonds is 6. The summed E-state index contributed by atoms with van der Waals surface area (Å²) < 4.78 is 6.75. The highest BCUT2D eigenvalue weighted by Gasteiger charge is 2.24. The first kappa shape index (κ1) is 19.6. The molecule has 7 nitrogen and oxygen atoms in total. The molecule has 0 aliphatic heterocycles. The summed E-state index contributed by atoms with van der Waals surface area (Å²) in [6.45, 7) is 6.89. The summed E-state index contributed by atoms with van der Waals surface area (Å²) in [5.74, 6) is -1.13. The van der Waals surface area contributed by atoms with Gasteiger partial charge in [-0.05, 0) is 39.3 Å². The van der Waals surface area contributed by atoms with Gasteiger partial charge in [0, 0.05) is 24.4 Å². The summed E-state index contributed by atoms with van der Waals surface area (Å²) in [6, 6.07) is 0. The van der Waals surface area contributed by atoms with E-state index in [1.165, 1.54) is 13.0 Å². The molecule has 0 aliphatic carbocycles. The Balaban J connectivity index is 2.28. The van der Waals surface area contributed by atoms with Crippen molar-refractivity contribution in [3.63, 3.8) is 0 Å². The van der Waals surface area contributed by atoms with E-state index in [1.54, 1.807) is 30.8 Å². The maximum atomic E-state index is 12.3. The first-order valence-electron chi connectivity index (χ1n) is 8.05. The molecule has 0 atom stereocenters. The molecule has 26 heavy (non-hydrogen) atoms. The Morgan fingerprint density at radius 3 is 2.58 bits per heavy atom. The lowest BCUT2D eigenvalue weighted by Gasteiger charge is -2.05. The minimum atomic E-state index is -0.559. The minimum absolute atomic E-state index is 0.167. The number of ketones is 1. The number of esters is 1. The van der Waals surface area contributed by atoms with E-state index in [1.807, 2.05) is 14.0 Å². The zero-order chi connectivity index (χ0) is 19.4. The van der Waals surface area contributed by atoms with Gasteiger partial charge in [-0.2, -0.15) is 5.10 Å². The number of thiophene rings is 1. The molecule has 138 valence electrons. The molecule has 2 aromatic rings. The summed E-state index contributed by atoms with van der Waals surface area (Å²) in [5.41, 5.74) is 2.48. The number of carbonyl (C=O) groups excluding carboxylic acids is 3. The zero-order valence-corrected chi connectivity index (χ0v) is 16.2. The van der Waals surface area contributed by atoms with E-state index in [0.29, 0.717) is 15.4 Å². The summed E-state index contributed by atoms with van der Waals surface area (Å²) in [5, 5.41) is 7.09. The lowest BCUT2D eigenvalue weighted by atomic mass is 10.1. The van der Waals surface area contributed by atoms with Crippen molar-refractivity contribution in [3.8, 4) is 0 Å². The fourth-order valence-corrected chi connectivity index (χ4v) is 3.48. The highest BCUT2D eigenvalue weighted by atomic mass is 32.1. The van der Waals surface area contributed by atoms with Gasteiger partial charge < -0.3 is 10.1 Å². The molecule has 2 heterocycles. The van der Waals surface area contributed by atoms with Crippen LogP contribution < -0.4 is 5.32 Å². The first-order chi connectivity index (χ1) is 12.3. The van der Waals surface area contributed by atoms with Crippen molar-refractivity contribution < 1.29 is 19.1 Å². The van der Waals surface area contributed by atoms with E-state index >= 15 is 0 Å². The van der Waals surface area contributed by atoms with Crippen LogP contribution in [-0.4, -0.2) is 34.0 Å². The summed E-state index contributed by atoms with van der Waals surface area (Å²) in [7, 11) is 1.82. The zero-order valence-electron chi connectivity index (χ0n) is 15.4. The molecule has 1 amide bonds. The van der Waals surface area contributed by atoms with Crippen molar-refractivity contribution in [3.05, 3.63) is 39.5 Å². The maximum absolute atomic E-state index is 12.3. The predicted molar refractivity (Wildman–Crippen MR) is 101 cm³/mol. The maximum Gasteiger partial charge on any atom is 0.341 e. The molecule has 0 aromatic carbocycles. The fraction of sp³-hybridized carbons (Fsp3) is 0.333. The third-order valence-electron chi connectivity index (χ3n) is 3.87. The van der Waals surface area contributed by atoms with Crippen LogP contribution in [-0.2, 0) is 16.6 Å². The van der Waals surface area contributed by atoms with Crippen molar-refractivity contribution in [2.24, 2.45) is 7.05 Å². The van der Waals surface area contributed by atoms with Crippen molar-refractivity contribution in [1.29, 1.82) is 0 Å². The Labute approximate surface area is 155 Å². The molecule has 1 N–H and O–H groups in total. The third kappa shape index (κ3) is 4.08. The third-order valence-corrected chi connectivity index (χ3v) is 5.18. The molecule has 0 aliphatic rings. The van der Waals surface area contributed by atoms with Crippen molar-refractivity contribution in [2.75, 3.05) is 11.9 Å². The van der Waals surface area contributed by atoms with Gasteiger partial charge in [-0.1, -0.05) is 0 Å². The number of aryl methyl sites for hydroxylation is 1. The molecule has 0 saturated carbocycles. The van der Waals surface area contributed by atoms with Gasteiger partial charge in [0.2, 0.25) is 5.91 Å². The van der Waals surface area contributed by atoms with E-state index < -0.39 is 11.9 Å². The summed E-state index contributed by atoms with van der Waals surface area (Å²) in [4.78, 5) is 36.7. The Bertz CT molecular complexity index is 893. The lowest BCUT2D eigenvalue weighted by Crippen LogP contribution is -2.12. The smallest absolute Gasteiger partial charge is 0.341 e. The number of Topliss-reactive ketones (excluding diaryl/α,β-unsaturated/α-hetero) is 1. The average Bonchev–Trinajstić information content (AvgIpc) is 3.06. The molecule has 8 heteroatoms. The van der Waals surface area contributed by atoms with Crippen LogP contribution in [0.1, 0.15) is 50.7 Å². The van der Waals surface area contributed by atoms with Gasteiger partial charge in [-0.3, -0.25) is 14.3 Å². The van der Waals surface area contributed by atoms with Crippen LogP contribution >= 0.6 is 11.3 Å². The molecule has 0 bridgehead atoms. The first-order valence-corrected chi connectivity index (χ1v) is 8.87. The topological polar surface area (TPSA) is 90.3 Å². The second kappa shape index (κ2) is 8.09. The van der Waals surface area contributed by atoms with Gasteiger partial charge in [0.05, 0.1) is 23.2 Å². The van der Waals surface area contributed by atoms with Crippen LogP contribution in [0.3, 0.4) is 0 Å². The van der Waals surface area contributed by atoms with Crippen LogP contribution in [0.2, 0.25) is 0 Å². The SMILES string of the molecule is CCOC(=O)c1c(NC(=O)C=Cc2cnn(C)c2C)sc(C(C)=O)c1C. The van der Waals surface area contributed by atoms with Gasteiger partial charge in [0.25, 0.3) is 0 Å². The van der Waals surface area contributed by atoms with Crippen LogP contribution in [0.25, 0.3) is 6.08 Å². The molecular weight excluding hydrogens is 354 g/mol. The Kier molecular flexibility index (Phi) is 6.10. The highest BCUT2D eigenvalue weighted by Crippen LogP contribution is 2.34. The van der Waals surface area contributed by atoms with Crippen LogP contribution in [0.4, 0.5) is 5.00 Å². The van der Waals surface area contributed by atoms with E-state index in [2.05, 4.69) is 10.4 Å². The number of nitrogens with zero attached hydrogens (tertiary/aromatic N) is 2. The predicted octanol–water partition coefficient (Wildman–Crippen LogP) is 3.13. The van der Waals surface area contributed by atoms with Crippen LogP contribution in [0, 0.1) is 13.8 Å². The molecule has 0 saturated heterocycles. The number of anilines is 1. The highest BCUT2D eigenvalue weighted by molar-refractivity contribution is 7.18. The fourth-order valence-electron chi connectivity index (χ4n) is 2.38. The summed E-state index contributed by atoms with van der Waals surface area (Å²) >= 11 is 1.07. The van der Waals surface area contributed by atoms with Gasteiger partial charge in [-0.15, -0.1) is 11.3 Å². The second-order valence-electron chi connectivity index (χ2n) is 5.67. The van der Waals surface area contributed by atoms with E-state index in [9.17, 15) is 14.4 Å². The van der Waals surface area contributed by atoms with Gasteiger partial charge in [0.15, 0.2) is 5.78 Å². The van der Waals surface area contributed by atoms with Gasteiger partial charge >= 0.3 is 5.97 Å². The number of aromatic nitrogens is 2. The molecule has 0 unspecified atom stereocenters. The minimum Gasteiger partial charge on any atom is -0.462 e. The average molecular weight is 375 g/mol. The van der Waals surface area contributed by atoms with E-state index in [-0.39, 0.29) is 18.0 Å². The lowest BCUT2D eigenvalue weighted by molar-refractivity contribution is -0.111. The van der Waals surface area contributed by atoms with Crippen LogP contribution in [0.5, 0.6) is 0 Å². The second-order valence-corrected chi connectivity index (χ2v) is 6.69. The molecule has 0 radical (unpaired) electrons. The molecule has 2 aromatic heterocycles. The number of amides is 1. The molecule has 2 rings (SSSR count). The van der Waals surface area contributed by atoms with Crippen molar-refractivity contribution in [1.82, 2.24) is 9.78 Å². The van der Waals surface area contributed by atoms with E-state index in [0.717, 1.165) is 22.6 Å². The summed E-state index contributed by atoms with van der Waals surface area (Å²) in [6.07, 6.45) is 4.67. The number of carbonyl (C=O) groups is 3. The molecule has 0 spiro atoms. The van der Waals surface area contributed by atoms with Crippen LogP contribution in [0.15, 0.2) is 12.3 Å². The quantitative estimate of drug-likeness (QED) is 0.476. The van der Waals surface area contributed by atoms with Gasteiger partial charge in [-0.25, -0.2) is 4.79 Å². The normalized spacial score (nSPS) is 11.0. The number of hydrogen-bond donors (Lipinski definition) is 1. The Morgan fingerprint density at radius 1 is 1.35 bits per heavy atom. The largest absolute Gasteiger partial charge is 0.462 e. The molecule has 0 fully saturated rings. The monoisotopic (exact) mass is 375 g/mol. The number of ether oxygens (including phenoxy) is 1. The standard InChI is InChI=1S/C18H21N3O4S/c1-6-25-18(24)15-10(2)16(12(4)22)26-17(15)20-14(23)8-7-13-9-19-21(5)11(13)3/h7-9H,6H2,1-5H3,(H,20,23). The molecular formula is C18H21N3O4S. The van der Waals surface area contributed by atoms with E-state index in [4.69, 9.17) is 4.74 Å². The van der Waals surface area contributed by atoms with Gasteiger partial charge in [0.1, 0.15) is 5.00 Å². The Morgan fingerprint density at radius 2 is 2.04 bits per heavy atom. The number of nitrogens with one attached hydrogen (secondary N) is 1.